The molecule has 0 fully saturated rings. The van der Waals surface area contributed by atoms with Crippen LogP contribution in [0.4, 0.5) is 0 Å². The molecule has 0 saturated heterocycles. The highest BCUT2D eigenvalue weighted by atomic mass is 16.1. The number of hydrogen-bond donors (Lipinski definition) is 0. The first-order chi connectivity index (χ1) is 10.8. The third-order valence-electron chi connectivity index (χ3n) is 3.49. The van der Waals surface area contributed by atoms with E-state index in [1.165, 1.54) is 0 Å². The molecule has 3 heteroatoms. The Hall–Kier alpha value is -2.94. The first kappa shape index (κ1) is 14.0. The molecule has 0 N–H and O–H groups in total. The van der Waals surface area contributed by atoms with Crippen LogP contribution in [-0.4, -0.2) is 17.3 Å². The van der Waals surface area contributed by atoms with Gasteiger partial charge in [0.15, 0.2) is 0 Å². The molecule has 0 spiro atoms. The van der Waals surface area contributed by atoms with Crippen molar-refractivity contribution in [2.24, 2.45) is 4.99 Å². The summed E-state index contributed by atoms with van der Waals surface area (Å²) in [7, 11) is 1.76. The number of benzene rings is 2. The van der Waals surface area contributed by atoms with Gasteiger partial charge in [0.25, 0.3) is 5.56 Å². The summed E-state index contributed by atoms with van der Waals surface area (Å²) in [5, 5.41) is 0. The standard InChI is InChI=1S/C19H16N2O/c1-20-19(15-8-4-2-5-9-15)16-12-13-18(22)21(14-16)17-10-6-3-7-11-17/h2-14H,1H3/b20-19+. The summed E-state index contributed by atoms with van der Waals surface area (Å²) in [5.41, 5.74) is 3.60. The fourth-order valence-corrected chi connectivity index (χ4v) is 2.44. The minimum atomic E-state index is -0.0570. The highest BCUT2D eigenvalue weighted by molar-refractivity contribution is 6.12. The van der Waals surface area contributed by atoms with Crippen LogP contribution in [0, 0.1) is 0 Å². The van der Waals surface area contributed by atoms with Gasteiger partial charge in [-0.15, -0.1) is 0 Å². The summed E-state index contributed by atoms with van der Waals surface area (Å²) in [6.07, 6.45) is 1.84. The lowest BCUT2D eigenvalue weighted by Crippen LogP contribution is -2.18. The highest BCUT2D eigenvalue weighted by Crippen LogP contribution is 2.12. The Balaban J connectivity index is 2.12. The number of pyridine rings is 1. The molecule has 0 saturated carbocycles. The average molecular weight is 288 g/mol. The predicted octanol–water partition coefficient (Wildman–Crippen LogP) is 3.30. The van der Waals surface area contributed by atoms with Crippen molar-refractivity contribution in [1.29, 1.82) is 0 Å². The predicted molar refractivity (Wildman–Crippen MR) is 90.0 cm³/mol. The number of aliphatic imine (C=N–C) groups is 1. The van der Waals surface area contributed by atoms with Crippen molar-refractivity contribution in [2.45, 2.75) is 0 Å². The summed E-state index contributed by atoms with van der Waals surface area (Å²) in [4.78, 5) is 16.5. The van der Waals surface area contributed by atoms with E-state index in [4.69, 9.17) is 0 Å². The molecular formula is C19H16N2O. The van der Waals surface area contributed by atoms with Gasteiger partial charge in [0.2, 0.25) is 0 Å². The van der Waals surface area contributed by atoms with Gasteiger partial charge < -0.3 is 0 Å². The molecule has 3 aromatic rings. The second-order valence-electron chi connectivity index (χ2n) is 4.90. The molecule has 0 aliphatic carbocycles. The average Bonchev–Trinajstić information content (AvgIpc) is 2.59. The van der Waals surface area contributed by atoms with E-state index in [1.807, 2.05) is 72.9 Å². The highest BCUT2D eigenvalue weighted by Gasteiger charge is 2.08. The molecule has 22 heavy (non-hydrogen) atoms. The molecule has 1 aromatic heterocycles. The maximum atomic E-state index is 12.1. The number of nitrogens with zero attached hydrogens (tertiary/aromatic N) is 2. The van der Waals surface area contributed by atoms with Crippen LogP contribution in [0.15, 0.2) is 88.8 Å². The van der Waals surface area contributed by atoms with E-state index < -0.39 is 0 Å². The van der Waals surface area contributed by atoms with Crippen LogP contribution in [0.3, 0.4) is 0 Å². The van der Waals surface area contributed by atoms with Gasteiger partial charge in [0.1, 0.15) is 0 Å². The van der Waals surface area contributed by atoms with Crippen LogP contribution < -0.4 is 5.56 Å². The quantitative estimate of drug-likeness (QED) is 0.681. The van der Waals surface area contributed by atoms with E-state index in [1.54, 1.807) is 17.7 Å². The zero-order valence-electron chi connectivity index (χ0n) is 12.3. The van der Waals surface area contributed by atoms with Crippen molar-refractivity contribution >= 4 is 5.71 Å². The summed E-state index contributed by atoms with van der Waals surface area (Å²) in [5.74, 6) is 0. The Kier molecular flexibility index (Phi) is 3.97. The van der Waals surface area contributed by atoms with E-state index in [-0.39, 0.29) is 5.56 Å². The van der Waals surface area contributed by atoms with Crippen LogP contribution >= 0.6 is 0 Å². The van der Waals surface area contributed by atoms with Gasteiger partial charge in [-0.2, -0.15) is 0 Å². The molecule has 0 radical (unpaired) electrons. The monoisotopic (exact) mass is 288 g/mol. The molecule has 0 unspecified atom stereocenters. The zero-order chi connectivity index (χ0) is 15.4. The van der Waals surface area contributed by atoms with Gasteiger partial charge in [0, 0.05) is 36.1 Å². The van der Waals surface area contributed by atoms with Crippen molar-refractivity contribution < 1.29 is 0 Å². The Bertz CT molecular complexity index is 849. The van der Waals surface area contributed by atoms with Crippen molar-refractivity contribution in [3.05, 3.63) is 100 Å². The Morgan fingerprint density at radius 2 is 1.45 bits per heavy atom. The lowest BCUT2D eigenvalue weighted by atomic mass is 10.0. The lowest BCUT2D eigenvalue weighted by molar-refractivity contribution is 0.986. The largest absolute Gasteiger partial charge is 0.287 e. The topological polar surface area (TPSA) is 34.4 Å². The van der Waals surface area contributed by atoms with Gasteiger partial charge in [-0.1, -0.05) is 48.5 Å². The van der Waals surface area contributed by atoms with Crippen LogP contribution in [0.2, 0.25) is 0 Å². The van der Waals surface area contributed by atoms with E-state index in [0.717, 1.165) is 22.5 Å². The van der Waals surface area contributed by atoms with Crippen LogP contribution in [0.1, 0.15) is 11.1 Å². The van der Waals surface area contributed by atoms with Crippen LogP contribution in [-0.2, 0) is 0 Å². The van der Waals surface area contributed by atoms with Crippen molar-refractivity contribution in [3.8, 4) is 5.69 Å². The first-order valence-electron chi connectivity index (χ1n) is 7.10. The molecular weight excluding hydrogens is 272 g/mol. The van der Waals surface area contributed by atoms with Crippen molar-refractivity contribution in [2.75, 3.05) is 7.05 Å². The molecule has 108 valence electrons. The maximum Gasteiger partial charge on any atom is 0.255 e. The van der Waals surface area contributed by atoms with Crippen LogP contribution in [0.5, 0.6) is 0 Å². The van der Waals surface area contributed by atoms with Gasteiger partial charge in [-0.3, -0.25) is 14.4 Å². The molecule has 3 rings (SSSR count). The van der Waals surface area contributed by atoms with Crippen LogP contribution in [0.25, 0.3) is 5.69 Å². The smallest absolute Gasteiger partial charge is 0.255 e. The minimum Gasteiger partial charge on any atom is -0.287 e. The lowest BCUT2D eigenvalue weighted by Gasteiger charge is -2.10. The fraction of sp³-hybridized carbons (Fsp3) is 0.0526. The molecule has 0 aliphatic rings. The number of hydrogen-bond acceptors (Lipinski definition) is 2. The fourth-order valence-electron chi connectivity index (χ4n) is 2.44. The molecule has 1 heterocycles. The third kappa shape index (κ3) is 2.74. The maximum absolute atomic E-state index is 12.1. The second kappa shape index (κ2) is 6.22. The Labute approximate surface area is 129 Å². The molecule has 0 atom stereocenters. The molecule has 0 bridgehead atoms. The second-order valence-corrected chi connectivity index (χ2v) is 4.90. The normalized spacial score (nSPS) is 11.4. The number of rotatable bonds is 3. The Morgan fingerprint density at radius 1 is 0.818 bits per heavy atom. The van der Waals surface area contributed by atoms with E-state index in [0.29, 0.717) is 0 Å². The van der Waals surface area contributed by atoms with Crippen molar-refractivity contribution in [1.82, 2.24) is 4.57 Å². The van der Waals surface area contributed by atoms with Gasteiger partial charge >= 0.3 is 0 Å². The molecule has 0 aliphatic heterocycles. The van der Waals surface area contributed by atoms with Gasteiger partial charge in [-0.25, -0.2) is 0 Å². The van der Waals surface area contributed by atoms with Crippen molar-refractivity contribution in [3.63, 3.8) is 0 Å². The number of para-hydroxylation sites is 1. The summed E-state index contributed by atoms with van der Waals surface area (Å²) >= 11 is 0. The summed E-state index contributed by atoms with van der Waals surface area (Å²) in [6, 6.07) is 23.0. The minimum absolute atomic E-state index is 0.0570. The van der Waals surface area contributed by atoms with E-state index in [2.05, 4.69) is 4.99 Å². The summed E-state index contributed by atoms with van der Waals surface area (Å²) in [6.45, 7) is 0. The van der Waals surface area contributed by atoms with E-state index >= 15 is 0 Å². The number of aromatic nitrogens is 1. The summed E-state index contributed by atoms with van der Waals surface area (Å²) < 4.78 is 1.64. The molecule has 2 aromatic carbocycles. The first-order valence-corrected chi connectivity index (χ1v) is 7.10. The van der Waals surface area contributed by atoms with E-state index in [9.17, 15) is 4.79 Å². The van der Waals surface area contributed by atoms with Gasteiger partial charge in [0.05, 0.1) is 5.71 Å². The molecule has 3 nitrogen and oxygen atoms in total. The zero-order valence-corrected chi connectivity index (χ0v) is 12.3. The Morgan fingerprint density at radius 3 is 2.09 bits per heavy atom. The molecule has 0 amide bonds. The third-order valence-corrected chi connectivity index (χ3v) is 3.49. The van der Waals surface area contributed by atoms with Gasteiger partial charge in [-0.05, 0) is 18.2 Å². The SMILES string of the molecule is C/N=C(\c1ccccc1)c1ccc(=O)n(-c2ccccc2)c1.